The topological polar surface area (TPSA) is 57.6 Å². The molecule has 0 radical (unpaired) electrons. The second kappa shape index (κ2) is 8.17. The Morgan fingerprint density at radius 3 is 2.90 bits per heavy atom. The first-order valence-corrected chi connectivity index (χ1v) is 8.58. The summed E-state index contributed by atoms with van der Waals surface area (Å²) in [5, 5.41) is 10.9. The summed E-state index contributed by atoms with van der Waals surface area (Å²) in [6.45, 7) is 0.794. The lowest BCUT2D eigenvalue weighted by Crippen LogP contribution is -2.43. The maximum Gasteiger partial charge on any atom is 0.303 e. The van der Waals surface area contributed by atoms with Crippen LogP contribution in [0.15, 0.2) is 17.5 Å². The number of aliphatic carboxylic acids is 1. The van der Waals surface area contributed by atoms with Crippen molar-refractivity contribution in [2.45, 2.75) is 57.4 Å². The van der Waals surface area contributed by atoms with Crippen LogP contribution in [0.3, 0.4) is 0 Å². The van der Waals surface area contributed by atoms with E-state index in [0.717, 1.165) is 38.6 Å². The van der Waals surface area contributed by atoms with Gasteiger partial charge >= 0.3 is 5.97 Å². The quantitative estimate of drug-likeness (QED) is 0.840. The molecule has 1 amide bonds. The molecule has 1 aliphatic rings. The zero-order chi connectivity index (χ0) is 15.1. The summed E-state index contributed by atoms with van der Waals surface area (Å²) in [5.41, 5.74) is 0. The van der Waals surface area contributed by atoms with Gasteiger partial charge in [-0.1, -0.05) is 6.07 Å². The van der Waals surface area contributed by atoms with Crippen LogP contribution in [-0.2, 0) is 16.0 Å². The Bertz CT molecular complexity index is 458. The molecule has 5 heteroatoms. The van der Waals surface area contributed by atoms with E-state index in [1.807, 2.05) is 11.0 Å². The van der Waals surface area contributed by atoms with Crippen LogP contribution in [0.5, 0.6) is 0 Å². The third-order valence-electron chi connectivity index (χ3n) is 4.03. The maximum absolute atomic E-state index is 12.4. The molecule has 1 aromatic heterocycles. The summed E-state index contributed by atoms with van der Waals surface area (Å²) in [7, 11) is 0. The van der Waals surface area contributed by atoms with Crippen molar-refractivity contribution in [1.29, 1.82) is 0 Å². The average Bonchev–Trinajstić information content (AvgIpc) is 2.98. The van der Waals surface area contributed by atoms with Crippen molar-refractivity contribution in [2.24, 2.45) is 0 Å². The lowest BCUT2D eigenvalue weighted by Gasteiger charge is -2.35. The normalized spacial score (nSPS) is 18.7. The smallest absolute Gasteiger partial charge is 0.303 e. The van der Waals surface area contributed by atoms with Crippen molar-refractivity contribution in [3.63, 3.8) is 0 Å². The number of nitrogens with zero attached hydrogens (tertiary/aromatic N) is 1. The Labute approximate surface area is 129 Å². The number of likely N-dealkylation sites (tertiary alicyclic amines) is 1. The Kier molecular flexibility index (Phi) is 6.23. The van der Waals surface area contributed by atoms with Crippen molar-refractivity contribution in [3.05, 3.63) is 22.4 Å². The van der Waals surface area contributed by atoms with Gasteiger partial charge in [-0.15, -0.1) is 11.3 Å². The van der Waals surface area contributed by atoms with E-state index in [0.29, 0.717) is 12.8 Å². The third-order valence-corrected chi connectivity index (χ3v) is 4.97. The molecule has 1 atom stereocenters. The van der Waals surface area contributed by atoms with Gasteiger partial charge in [0, 0.05) is 30.3 Å². The monoisotopic (exact) mass is 309 g/mol. The highest BCUT2D eigenvalue weighted by molar-refractivity contribution is 7.09. The molecule has 1 aliphatic heterocycles. The van der Waals surface area contributed by atoms with Gasteiger partial charge in [-0.25, -0.2) is 0 Å². The summed E-state index contributed by atoms with van der Waals surface area (Å²) in [5.74, 6) is -0.577. The summed E-state index contributed by atoms with van der Waals surface area (Å²) in [6.07, 6.45) is 6.24. The third kappa shape index (κ3) is 5.16. The van der Waals surface area contributed by atoms with Gasteiger partial charge in [0.05, 0.1) is 0 Å². The van der Waals surface area contributed by atoms with Crippen LogP contribution in [-0.4, -0.2) is 34.5 Å². The van der Waals surface area contributed by atoms with Crippen molar-refractivity contribution < 1.29 is 14.7 Å². The van der Waals surface area contributed by atoms with Gasteiger partial charge in [0.15, 0.2) is 0 Å². The van der Waals surface area contributed by atoms with E-state index in [2.05, 4.69) is 11.4 Å². The van der Waals surface area contributed by atoms with Crippen LogP contribution < -0.4 is 0 Å². The Morgan fingerprint density at radius 1 is 1.33 bits per heavy atom. The first-order chi connectivity index (χ1) is 10.2. The SMILES string of the molecule is O=C(O)CC[C@@H]1CCCCN1C(=O)CCCc1cccs1. The van der Waals surface area contributed by atoms with Gasteiger partial charge in [-0.3, -0.25) is 9.59 Å². The molecule has 4 nitrogen and oxygen atoms in total. The lowest BCUT2D eigenvalue weighted by molar-refractivity contribution is -0.140. The molecule has 2 heterocycles. The minimum absolute atomic E-state index is 0.129. The van der Waals surface area contributed by atoms with E-state index in [1.54, 1.807) is 11.3 Å². The number of rotatable bonds is 7. The zero-order valence-corrected chi connectivity index (χ0v) is 13.1. The van der Waals surface area contributed by atoms with Crippen molar-refractivity contribution in [1.82, 2.24) is 4.90 Å². The minimum atomic E-state index is -0.773. The van der Waals surface area contributed by atoms with E-state index in [4.69, 9.17) is 5.11 Å². The highest BCUT2D eigenvalue weighted by atomic mass is 32.1. The van der Waals surface area contributed by atoms with E-state index < -0.39 is 5.97 Å². The number of carboxylic acids is 1. The van der Waals surface area contributed by atoms with Gasteiger partial charge < -0.3 is 10.0 Å². The highest BCUT2D eigenvalue weighted by Gasteiger charge is 2.26. The van der Waals surface area contributed by atoms with Gasteiger partial charge in [-0.05, 0) is 50.0 Å². The van der Waals surface area contributed by atoms with Crippen LogP contribution in [0.2, 0.25) is 0 Å². The molecular formula is C16H23NO3S. The summed E-state index contributed by atoms with van der Waals surface area (Å²) < 4.78 is 0. The number of carbonyl (C=O) groups is 2. The van der Waals surface area contributed by atoms with Crippen LogP contribution in [0.25, 0.3) is 0 Å². The predicted molar refractivity (Wildman–Crippen MR) is 83.5 cm³/mol. The van der Waals surface area contributed by atoms with E-state index in [-0.39, 0.29) is 18.4 Å². The van der Waals surface area contributed by atoms with Gasteiger partial charge in [-0.2, -0.15) is 0 Å². The molecule has 0 unspecified atom stereocenters. The number of carboxylic acid groups (broad SMARTS) is 1. The highest BCUT2D eigenvalue weighted by Crippen LogP contribution is 2.22. The average molecular weight is 309 g/mol. The van der Waals surface area contributed by atoms with Crippen LogP contribution >= 0.6 is 11.3 Å². The first-order valence-electron chi connectivity index (χ1n) is 7.70. The fourth-order valence-electron chi connectivity index (χ4n) is 2.93. The van der Waals surface area contributed by atoms with Gasteiger partial charge in [0.2, 0.25) is 5.91 Å². The molecule has 0 bridgehead atoms. The van der Waals surface area contributed by atoms with Crippen molar-refractivity contribution >= 4 is 23.2 Å². The molecule has 1 N–H and O–H groups in total. The van der Waals surface area contributed by atoms with E-state index >= 15 is 0 Å². The molecular weight excluding hydrogens is 286 g/mol. The van der Waals surface area contributed by atoms with Gasteiger partial charge in [0.1, 0.15) is 0 Å². The standard InChI is InChI=1S/C16H23NO3S/c18-15(8-3-6-14-7-4-12-21-14)17-11-2-1-5-13(17)9-10-16(19)20/h4,7,12-13H,1-3,5-6,8-11H2,(H,19,20)/t13-/m0/s1. The fourth-order valence-corrected chi connectivity index (χ4v) is 3.68. The van der Waals surface area contributed by atoms with Crippen LogP contribution in [0.1, 0.15) is 49.8 Å². The molecule has 2 rings (SSSR count). The molecule has 0 saturated carbocycles. The van der Waals surface area contributed by atoms with Crippen molar-refractivity contribution in [3.8, 4) is 0 Å². The molecule has 0 spiro atoms. The van der Waals surface area contributed by atoms with Gasteiger partial charge in [0.25, 0.3) is 0 Å². The molecule has 1 aromatic rings. The molecule has 116 valence electrons. The number of carbonyl (C=O) groups excluding carboxylic acids is 1. The number of hydrogen-bond acceptors (Lipinski definition) is 3. The summed E-state index contributed by atoms with van der Waals surface area (Å²) >= 11 is 1.73. The Hall–Kier alpha value is -1.36. The fraction of sp³-hybridized carbons (Fsp3) is 0.625. The molecule has 0 aromatic carbocycles. The number of thiophene rings is 1. The molecule has 1 saturated heterocycles. The largest absolute Gasteiger partial charge is 0.481 e. The van der Waals surface area contributed by atoms with E-state index in [9.17, 15) is 9.59 Å². The van der Waals surface area contributed by atoms with E-state index in [1.165, 1.54) is 4.88 Å². The van der Waals surface area contributed by atoms with Crippen LogP contribution in [0.4, 0.5) is 0 Å². The summed E-state index contributed by atoms with van der Waals surface area (Å²) in [4.78, 5) is 26.3. The molecule has 0 aliphatic carbocycles. The molecule has 1 fully saturated rings. The number of piperidine rings is 1. The van der Waals surface area contributed by atoms with Crippen LogP contribution in [0, 0.1) is 0 Å². The second-order valence-corrected chi connectivity index (χ2v) is 6.63. The second-order valence-electron chi connectivity index (χ2n) is 5.60. The first kappa shape index (κ1) is 16.0. The van der Waals surface area contributed by atoms with Crippen molar-refractivity contribution in [2.75, 3.05) is 6.54 Å². The maximum atomic E-state index is 12.4. The Morgan fingerprint density at radius 2 is 2.19 bits per heavy atom. The lowest BCUT2D eigenvalue weighted by atomic mass is 9.97. The number of amides is 1. The Balaban J connectivity index is 1.78. The minimum Gasteiger partial charge on any atom is -0.481 e. The molecule has 21 heavy (non-hydrogen) atoms. The zero-order valence-electron chi connectivity index (χ0n) is 12.3. The summed E-state index contributed by atoms with van der Waals surface area (Å²) in [6, 6.07) is 4.27. The predicted octanol–water partition coefficient (Wildman–Crippen LogP) is 3.32. The number of aryl methyl sites for hydroxylation is 1. The number of hydrogen-bond donors (Lipinski definition) is 1.